The van der Waals surface area contributed by atoms with Gasteiger partial charge in [0.25, 0.3) is 5.56 Å². The van der Waals surface area contributed by atoms with E-state index in [9.17, 15) is 4.79 Å². The highest BCUT2D eigenvalue weighted by atomic mass is 35.5. The molecule has 0 radical (unpaired) electrons. The Morgan fingerprint density at radius 3 is 2.92 bits per heavy atom. The van der Waals surface area contributed by atoms with Crippen molar-refractivity contribution in [3.8, 4) is 0 Å². The molecule has 0 N–H and O–H groups in total. The van der Waals surface area contributed by atoms with Crippen LogP contribution in [0.15, 0.2) is 10.9 Å². The van der Waals surface area contributed by atoms with Crippen LogP contribution in [0.2, 0.25) is 5.15 Å². The van der Waals surface area contributed by atoms with E-state index < -0.39 is 0 Å². The Hall–Kier alpha value is -0.480. The maximum absolute atomic E-state index is 11.4. The summed E-state index contributed by atoms with van der Waals surface area (Å²) in [5.41, 5.74) is -0.0773. The van der Waals surface area contributed by atoms with Gasteiger partial charge in [-0.3, -0.25) is 9.36 Å². The molecule has 0 saturated heterocycles. The van der Waals surface area contributed by atoms with Crippen molar-refractivity contribution in [1.29, 1.82) is 0 Å². The van der Waals surface area contributed by atoms with Gasteiger partial charge in [0.15, 0.2) is 0 Å². The summed E-state index contributed by atoms with van der Waals surface area (Å²) in [5, 5.41) is 0.267. The average Bonchev–Trinajstić information content (AvgIpc) is 2.02. The Kier molecular flexibility index (Phi) is 3.81. The van der Waals surface area contributed by atoms with Gasteiger partial charge in [-0.1, -0.05) is 11.6 Å². The van der Waals surface area contributed by atoms with Gasteiger partial charge in [0.2, 0.25) is 0 Å². The fraction of sp³-hybridized carbons (Fsp3) is 0.500. The maximum atomic E-state index is 11.4. The summed E-state index contributed by atoms with van der Waals surface area (Å²) in [6, 6.07) is 1.34. The first-order valence-electron chi connectivity index (χ1n) is 3.88. The second-order valence-corrected chi connectivity index (χ2v) is 3.98. The van der Waals surface area contributed by atoms with Gasteiger partial charge in [0.1, 0.15) is 11.0 Å². The van der Waals surface area contributed by atoms with E-state index in [1.807, 2.05) is 6.26 Å². The van der Waals surface area contributed by atoms with Gasteiger partial charge in [-0.05, 0) is 13.2 Å². The zero-order valence-electron chi connectivity index (χ0n) is 7.58. The van der Waals surface area contributed by atoms with Crippen molar-refractivity contribution in [2.45, 2.75) is 13.5 Å². The fourth-order valence-corrected chi connectivity index (χ4v) is 1.62. The van der Waals surface area contributed by atoms with Crippen LogP contribution in [0.5, 0.6) is 0 Å². The Morgan fingerprint density at radius 2 is 2.38 bits per heavy atom. The minimum absolute atomic E-state index is 0.0773. The van der Waals surface area contributed by atoms with Crippen molar-refractivity contribution in [3.63, 3.8) is 0 Å². The van der Waals surface area contributed by atoms with Gasteiger partial charge in [-0.25, -0.2) is 4.98 Å². The van der Waals surface area contributed by atoms with Gasteiger partial charge in [-0.15, -0.1) is 0 Å². The van der Waals surface area contributed by atoms with E-state index in [1.165, 1.54) is 6.07 Å². The van der Waals surface area contributed by atoms with Crippen LogP contribution in [0.4, 0.5) is 0 Å². The zero-order chi connectivity index (χ0) is 9.84. The molecule has 0 aliphatic carbocycles. The third-order valence-corrected chi connectivity index (χ3v) is 2.47. The first-order valence-corrected chi connectivity index (χ1v) is 5.65. The second-order valence-electron chi connectivity index (χ2n) is 2.61. The summed E-state index contributed by atoms with van der Waals surface area (Å²) >= 11 is 7.32. The monoisotopic (exact) mass is 218 g/mol. The van der Waals surface area contributed by atoms with Crippen LogP contribution in [-0.4, -0.2) is 21.6 Å². The summed E-state index contributed by atoms with van der Waals surface area (Å²) in [5.74, 6) is 1.58. The van der Waals surface area contributed by atoms with E-state index in [0.717, 1.165) is 5.75 Å². The van der Waals surface area contributed by atoms with Crippen molar-refractivity contribution >= 4 is 23.4 Å². The Balaban J connectivity index is 2.99. The van der Waals surface area contributed by atoms with E-state index in [4.69, 9.17) is 11.6 Å². The van der Waals surface area contributed by atoms with Crippen molar-refractivity contribution in [1.82, 2.24) is 9.55 Å². The van der Waals surface area contributed by atoms with Crippen LogP contribution in [0.25, 0.3) is 0 Å². The lowest BCUT2D eigenvalue weighted by Gasteiger charge is -2.07. The molecule has 3 nitrogen and oxygen atoms in total. The summed E-state index contributed by atoms with van der Waals surface area (Å²) < 4.78 is 1.63. The SMILES string of the molecule is CSCCn1c(C)nc(Cl)cc1=O. The van der Waals surface area contributed by atoms with Crippen molar-refractivity contribution in [2.75, 3.05) is 12.0 Å². The van der Waals surface area contributed by atoms with E-state index in [0.29, 0.717) is 12.4 Å². The number of halogens is 1. The predicted octanol–water partition coefficient (Wildman–Crippen LogP) is 1.57. The second kappa shape index (κ2) is 4.67. The molecule has 1 heterocycles. The van der Waals surface area contributed by atoms with Gasteiger partial charge in [0, 0.05) is 18.4 Å². The topological polar surface area (TPSA) is 34.9 Å². The molecular formula is C8H11ClN2OS. The minimum atomic E-state index is -0.0773. The molecule has 1 aromatic rings. The van der Waals surface area contributed by atoms with E-state index in [1.54, 1.807) is 23.3 Å². The molecule has 0 bridgehead atoms. The highest BCUT2D eigenvalue weighted by Gasteiger charge is 2.02. The molecule has 0 spiro atoms. The van der Waals surface area contributed by atoms with Gasteiger partial charge in [0.05, 0.1) is 0 Å². The number of aromatic nitrogens is 2. The fourth-order valence-electron chi connectivity index (χ4n) is 1.04. The maximum Gasteiger partial charge on any atom is 0.255 e. The molecule has 0 unspecified atom stereocenters. The molecule has 5 heteroatoms. The summed E-state index contributed by atoms with van der Waals surface area (Å²) in [4.78, 5) is 15.4. The smallest absolute Gasteiger partial charge is 0.255 e. The molecule has 72 valence electrons. The van der Waals surface area contributed by atoms with Crippen LogP contribution < -0.4 is 5.56 Å². The summed E-state index contributed by atoms with van der Waals surface area (Å²) in [7, 11) is 0. The minimum Gasteiger partial charge on any atom is -0.296 e. The Morgan fingerprint density at radius 1 is 1.69 bits per heavy atom. The molecule has 0 aliphatic rings. The molecule has 0 aromatic carbocycles. The Bertz CT molecular complexity index is 350. The highest BCUT2D eigenvalue weighted by molar-refractivity contribution is 7.98. The lowest BCUT2D eigenvalue weighted by atomic mass is 10.5. The van der Waals surface area contributed by atoms with Crippen LogP contribution in [-0.2, 0) is 6.54 Å². The standard InChI is InChI=1S/C8H11ClN2OS/c1-6-10-7(9)5-8(12)11(6)3-4-13-2/h5H,3-4H2,1-2H3. The predicted molar refractivity (Wildman–Crippen MR) is 56.6 cm³/mol. The lowest BCUT2D eigenvalue weighted by molar-refractivity contribution is 0.681. The molecular weight excluding hydrogens is 208 g/mol. The van der Waals surface area contributed by atoms with Crippen LogP contribution in [0, 0.1) is 6.92 Å². The Labute approximate surface area is 86.1 Å². The molecule has 1 aromatic heterocycles. The number of nitrogens with zero attached hydrogens (tertiary/aromatic N) is 2. The van der Waals surface area contributed by atoms with Gasteiger partial charge >= 0.3 is 0 Å². The molecule has 1 rings (SSSR count). The van der Waals surface area contributed by atoms with E-state index in [-0.39, 0.29) is 10.7 Å². The highest BCUT2D eigenvalue weighted by Crippen LogP contribution is 2.02. The van der Waals surface area contributed by atoms with Gasteiger partial charge in [-0.2, -0.15) is 11.8 Å². The van der Waals surface area contributed by atoms with Crippen molar-refractivity contribution < 1.29 is 0 Å². The molecule has 0 aliphatic heterocycles. The third kappa shape index (κ3) is 2.74. The summed E-state index contributed by atoms with van der Waals surface area (Å²) in [6.45, 7) is 2.48. The zero-order valence-corrected chi connectivity index (χ0v) is 9.15. The van der Waals surface area contributed by atoms with E-state index in [2.05, 4.69) is 4.98 Å². The lowest BCUT2D eigenvalue weighted by Crippen LogP contribution is -2.23. The first-order chi connectivity index (χ1) is 6.15. The number of aryl methyl sites for hydroxylation is 1. The molecule has 0 atom stereocenters. The van der Waals surface area contributed by atoms with E-state index >= 15 is 0 Å². The van der Waals surface area contributed by atoms with Gasteiger partial charge < -0.3 is 0 Å². The normalized spacial score (nSPS) is 10.4. The number of hydrogen-bond donors (Lipinski definition) is 0. The molecule has 0 amide bonds. The quantitative estimate of drug-likeness (QED) is 0.723. The molecule has 0 saturated carbocycles. The number of rotatable bonds is 3. The van der Waals surface area contributed by atoms with Crippen molar-refractivity contribution in [3.05, 3.63) is 27.4 Å². The number of hydrogen-bond acceptors (Lipinski definition) is 3. The molecule has 0 fully saturated rings. The van der Waals surface area contributed by atoms with Crippen molar-refractivity contribution in [2.24, 2.45) is 0 Å². The van der Waals surface area contributed by atoms with Crippen LogP contribution in [0.3, 0.4) is 0 Å². The summed E-state index contributed by atoms with van der Waals surface area (Å²) in [6.07, 6.45) is 2.00. The first kappa shape index (κ1) is 10.6. The van der Waals surface area contributed by atoms with Crippen LogP contribution >= 0.6 is 23.4 Å². The average molecular weight is 219 g/mol. The number of thioether (sulfide) groups is 1. The third-order valence-electron chi connectivity index (χ3n) is 1.69. The molecule has 13 heavy (non-hydrogen) atoms. The largest absolute Gasteiger partial charge is 0.296 e. The van der Waals surface area contributed by atoms with Crippen LogP contribution in [0.1, 0.15) is 5.82 Å².